The van der Waals surface area contributed by atoms with Crippen molar-refractivity contribution >= 4 is 22.7 Å². The Labute approximate surface area is 168 Å². The van der Waals surface area contributed by atoms with Crippen molar-refractivity contribution in [3.05, 3.63) is 71.7 Å². The molecule has 2 heterocycles. The summed E-state index contributed by atoms with van der Waals surface area (Å²) < 4.78 is 16.2. The zero-order chi connectivity index (χ0) is 20.4. The summed E-state index contributed by atoms with van der Waals surface area (Å²) in [5.41, 5.74) is 7.32. The molecule has 1 unspecified atom stereocenters. The quantitative estimate of drug-likeness (QED) is 0.718. The van der Waals surface area contributed by atoms with E-state index in [1.54, 1.807) is 23.1 Å². The van der Waals surface area contributed by atoms with Crippen molar-refractivity contribution in [3.63, 3.8) is 0 Å². The lowest BCUT2D eigenvalue weighted by molar-refractivity contribution is -0.119. The second-order valence-corrected chi connectivity index (χ2v) is 7.58. The molecule has 2 N–H and O–H groups in total. The van der Waals surface area contributed by atoms with E-state index in [-0.39, 0.29) is 30.7 Å². The highest BCUT2D eigenvalue weighted by Gasteiger charge is 2.30. The first-order valence-electron chi connectivity index (χ1n) is 9.95. The molecule has 4 rings (SSSR count). The first kappa shape index (κ1) is 19.2. The Kier molecular flexibility index (Phi) is 5.34. The lowest BCUT2D eigenvalue weighted by Crippen LogP contribution is -2.46. The van der Waals surface area contributed by atoms with Crippen LogP contribution in [0.3, 0.4) is 0 Å². The second kappa shape index (κ2) is 8.07. The number of para-hydroxylation sites is 1. The first-order valence-corrected chi connectivity index (χ1v) is 9.95. The molecule has 5 nitrogen and oxygen atoms in total. The van der Waals surface area contributed by atoms with Gasteiger partial charge in [-0.1, -0.05) is 36.4 Å². The highest BCUT2D eigenvalue weighted by Crippen LogP contribution is 2.27. The van der Waals surface area contributed by atoms with Crippen molar-refractivity contribution in [2.75, 3.05) is 6.54 Å². The van der Waals surface area contributed by atoms with Crippen LogP contribution in [0.25, 0.3) is 10.9 Å². The van der Waals surface area contributed by atoms with Gasteiger partial charge in [0.2, 0.25) is 5.91 Å². The molecule has 0 bridgehead atoms. The summed E-state index contributed by atoms with van der Waals surface area (Å²) in [5, 5.41) is 0.927. The lowest BCUT2D eigenvalue weighted by atomic mass is 9.98. The minimum absolute atomic E-state index is 0.136. The average molecular weight is 393 g/mol. The molecule has 6 heteroatoms. The van der Waals surface area contributed by atoms with E-state index < -0.39 is 5.91 Å². The minimum atomic E-state index is -0.401. The molecule has 1 atom stereocenters. The predicted molar refractivity (Wildman–Crippen MR) is 110 cm³/mol. The predicted octanol–water partition coefficient (Wildman–Crippen LogP) is 3.70. The number of carbonyl (C=O) groups is 2. The van der Waals surface area contributed by atoms with Crippen molar-refractivity contribution in [1.82, 2.24) is 9.47 Å². The van der Waals surface area contributed by atoms with Gasteiger partial charge in [-0.15, -0.1) is 0 Å². The lowest BCUT2D eigenvalue weighted by Gasteiger charge is -2.35. The fraction of sp³-hybridized carbons (Fsp3) is 0.304. The fourth-order valence-corrected chi connectivity index (χ4v) is 4.21. The zero-order valence-electron chi connectivity index (χ0n) is 16.2. The molecule has 0 aliphatic carbocycles. The number of hydrogen-bond acceptors (Lipinski definition) is 2. The molecule has 1 fully saturated rings. The number of fused-ring (bicyclic) bond motifs is 1. The molecule has 2 aromatic carbocycles. The van der Waals surface area contributed by atoms with E-state index in [4.69, 9.17) is 5.73 Å². The maximum Gasteiger partial charge on any atom is 0.270 e. The van der Waals surface area contributed by atoms with Gasteiger partial charge in [0.1, 0.15) is 11.5 Å². The number of aromatic nitrogens is 1. The monoisotopic (exact) mass is 393 g/mol. The van der Waals surface area contributed by atoms with Crippen LogP contribution in [0.2, 0.25) is 0 Å². The van der Waals surface area contributed by atoms with Gasteiger partial charge in [-0.05, 0) is 37.5 Å². The minimum Gasteiger partial charge on any atom is -0.370 e. The molecule has 2 amide bonds. The normalized spacial score (nSPS) is 16.9. The van der Waals surface area contributed by atoms with Gasteiger partial charge < -0.3 is 15.2 Å². The molecule has 0 saturated carbocycles. The maximum absolute atomic E-state index is 14.3. The summed E-state index contributed by atoms with van der Waals surface area (Å²) >= 11 is 0. The van der Waals surface area contributed by atoms with Crippen LogP contribution in [0.4, 0.5) is 4.39 Å². The highest BCUT2D eigenvalue weighted by molar-refractivity contribution is 5.99. The second-order valence-electron chi connectivity index (χ2n) is 7.58. The number of likely N-dealkylation sites (tertiary alicyclic amines) is 1. The number of benzene rings is 2. The summed E-state index contributed by atoms with van der Waals surface area (Å²) in [6, 6.07) is 16.0. The molecule has 1 aromatic heterocycles. The fourth-order valence-electron chi connectivity index (χ4n) is 4.21. The standard InChI is InChI=1S/C23H24FN3O2/c24-19-10-3-1-8-17(19)15-27-20-11-4-2-7-16(20)13-21(27)23(29)26-12-6-5-9-18(26)14-22(25)28/h1-4,7-8,10-11,13,18H,5-6,9,12,14-15H2,(H2,25,28). The van der Waals surface area contributed by atoms with Crippen molar-refractivity contribution < 1.29 is 14.0 Å². The van der Waals surface area contributed by atoms with Crippen molar-refractivity contribution in [3.8, 4) is 0 Å². The van der Waals surface area contributed by atoms with Gasteiger partial charge in [0.05, 0.1) is 6.54 Å². The molecule has 0 spiro atoms. The third kappa shape index (κ3) is 3.88. The first-order chi connectivity index (χ1) is 14.0. The van der Waals surface area contributed by atoms with Crippen LogP contribution < -0.4 is 5.73 Å². The largest absolute Gasteiger partial charge is 0.370 e. The summed E-state index contributed by atoms with van der Waals surface area (Å²) in [7, 11) is 0. The number of halogens is 1. The Morgan fingerprint density at radius 3 is 2.62 bits per heavy atom. The van der Waals surface area contributed by atoms with Gasteiger partial charge in [0.15, 0.2) is 0 Å². The van der Waals surface area contributed by atoms with Crippen LogP contribution in [0.5, 0.6) is 0 Å². The van der Waals surface area contributed by atoms with Gasteiger partial charge in [0.25, 0.3) is 5.91 Å². The number of nitrogens with two attached hydrogens (primary N) is 1. The Morgan fingerprint density at radius 2 is 1.83 bits per heavy atom. The van der Waals surface area contributed by atoms with Crippen molar-refractivity contribution in [1.29, 1.82) is 0 Å². The van der Waals surface area contributed by atoms with Crippen LogP contribution in [0.1, 0.15) is 41.7 Å². The van der Waals surface area contributed by atoms with Crippen LogP contribution in [0.15, 0.2) is 54.6 Å². The summed E-state index contributed by atoms with van der Waals surface area (Å²) in [5.74, 6) is -0.835. The Hall–Kier alpha value is -3.15. The molecule has 0 radical (unpaired) electrons. The summed E-state index contributed by atoms with van der Waals surface area (Å²) in [4.78, 5) is 26.8. The van der Waals surface area contributed by atoms with Gasteiger partial charge in [-0.2, -0.15) is 0 Å². The van der Waals surface area contributed by atoms with E-state index in [9.17, 15) is 14.0 Å². The molecule has 29 heavy (non-hydrogen) atoms. The van der Waals surface area contributed by atoms with Crippen LogP contribution in [0, 0.1) is 5.82 Å². The molecule has 3 aromatic rings. The van der Waals surface area contributed by atoms with Gasteiger partial charge >= 0.3 is 0 Å². The van der Waals surface area contributed by atoms with E-state index in [1.807, 2.05) is 34.9 Å². The molecular formula is C23H24FN3O2. The van der Waals surface area contributed by atoms with Gasteiger partial charge in [-0.3, -0.25) is 9.59 Å². The molecule has 150 valence electrons. The third-order valence-corrected chi connectivity index (χ3v) is 5.64. The number of piperidine rings is 1. The van der Waals surface area contributed by atoms with Crippen LogP contribution >= 0.6 is 0 Å². The highest BCUT2D eigenvalue weighted by atomic mass is 19.1. The molecule has 1 aliphatic heterocycles. The Bertz CT molecular complexity index is 1060. The number of primary amides is 1. The maximum atomic E-state index is 14.3. The smallest absolute Gasteiger partial charge is 0.270 e. The number of amides is 2. The van der Waals surface area contributed by atoms with E-state index in [0.29, 0.717) is 17.8 Å². The number of rotatable bonds is 5. The number of carbonyl (C=O) groups excluding carboxylic acids is 2. The summed E-state index contributed by atoms with van der Waals surface area (Å²) in [6.45, 7) is 0.855. The molecule has 1 aliphatic rings. The number of hydrogen-bond donors (Lipinski definition) is 1. The van der Waals surface area contributed by atoms with Crippen LogP contribution in [-0.2, 0) is 11.3 Å². The van der Waals surface area contributed by atoms with E-state index in [1.165, 1.54) is 6.07 Å². The SMILES string of the molecule is NC(=O)CC1CCCCN1C(=O)c1cc2ccccc2n1Cc1ccccc1F. The third-order valence-electron chi connectivity index (χ3n) is 5.64. The van der Waals surface area contributed by atoms with Crippen molar-refractivity contribution in [2.45, 2.75) is 38.3 Å². The van der Waals surface area contributed by atoms with E-state index in [2.05, 4.69) is 0 Å². The summed E-state index contributed by atoms with van der Waals surface area (Å²) in [6.07, 6.45) is 2.80. The topological polar surface area (TPSA) is 68.3 Å². The van der Waals surface area contributed by atoms with Crippen molar-refractivity contribution in [2.24, 2.45) is 5.73 Å². The number of nitrogens with zero attached hydrogens (tertiary/aromatic N) is 2. The molecule has 1 saturated heterocycles. The van der Waals surface area contributed by atoms with Crippen LogP contribution in [-0.4, -0.2) is 33.9 Å². The zero-order valence-corrected chi connectivity index (χ0v) is 16.2. The van der Waals surface area contributed by atoms with E-state index >= 15 is 0 Å². The molecular weight excluding hydrogens is 369 g/mol. The van der Waals surface area contributed by atoms with Gasteiger partial charge in [-0.25, -0.2) is 4.39 Å². The van der Waals surface area contributed by atoms with E-state index in [0.717, 1.165) is 30.2 Å². The average Bonchev–Trinajstić information content (AvgIpc) is 3.08. The van der Waals surface area contributed by atoms with Gasteiger partial charge in [0, 0.05) is 35.5 Å². The Balaban J connectivity index is 1.75. The Morgan fingerprint density at radius 1 is 1.07 bits per heavy atom.